The largest absolute Gasteiger partial charge is 0.444 e. The number of hydrogen-bond acceptors (Lipinski definition) is 4. The van der Waals surface area contributed by atoms with Gasteiger partial charge in [0.1, 0.15) is 5.60 Å². The minimum absolute atomic E-state index is 0.321. The standard InChI is InChI=1S/C17H23NO4/c1-16(2,3)22-15(19)18-14-6-4-12(5-7-14)13-10-17(11-13)20-8-9-21-17/h4-7,13H,8-11H2,1-3H3,(H,18,19). The Labute approximate surface area is 130 Å². The van der Waals surface area contributed by atoms with Gasteiger partial charge in [0.2, 0.25) is 0 Å². The molecule has 2 fully saturated rings. The van der Waals surface area contributed by atoms with Gasteiger partial charge in [-0.15, -0.1) is 0 Å². The summed E-state index contributed by atoms with van der Waals surface area (Å²) in [5.74, 6) is 0.145. The van der Waals surface area contributed by atoms with Crippen LogP contribution in [0.5, 0.6) is 0 Å². The molecule has 0 unspecified atom stereocenters. The summed E-state index contributed by atoms with van der Waals surface area (Å²) in [5, 5.41) is 2.74. The smallest absolute Gasteiger partial charge is 0.412 e. The van der Waals surface area contributed by atoms with Crippen LogP contribution in [0.3, 0.4) is 0 Å². The van der Waals surface area contributed by atoms with E-state index in [-0.39, 0.29) is 5.79 Å². The Morgan fingerprint density at radius 2 is 1.77 bits per heavy atom. The van der Waals surface area contributed by atoms with Gasteiger partial charge in [0.25, 0.3) is 0 Å². The maximum atomic E-state index is 11.7. The number of ether oxygens (including phenoxy) is 3. The van der Waals surface area contributed by atoms with Crippen LogP contribution in [0.15, 0.2) is 24.3 Å². The minimum Gasteiger partial charge on any atom is -0.444 e. The predicted octanol–water partition coefficient (Wildman–Crippen LogP) is 3.65. The summed E-state index contributed by atoms with van der Waals surface area (Å²) in [5.41, 5.74) is 1.49. The fourth-order valence-electron chi connectivity index (χ4n) is 2.92. The number of anilines is 1. The Balaban J connectivity index is 1.54. The number of nitrogens with one attached hydrogen (secondary N) is 1. The molecule has 1 spiro atoms. The molecule has 1 saturated heterocycles. The molecule has 1 aromatic rings. The highest BCUT2D eigenvalue weighted by Crippen LogP contribution is 2.49. The van der Waals surface area contributed by atoms with Crippen molar-refractivity contribution < 1.29 is 19.0 Å². The maximum absolute atomic E-state index is 11.7. The van der Waals surface area contributed by atoms with Gasteiger partial charge in [-0.25, -0.2) is 4.79 Å². The molecule has 0 bridgehead atoms. The van der Waals surface area contributed by atoms with E-state index in [1.165, 1.54) is 5.56 Å². The summed E-state index contributed by atoms with van der Waals surface area (Å²) >= 11 is 0. The van der Waals surface area contributed by atoms with Crippen LogP contribution in [-0.2, 0) is 14.2 Å². The summed E-state index contributed by atoms with van der Waals surface area (Å²) in [6, 6.07) is 7.89. The van der Waals surface area contributed by atoms with E-state index in [0.29, 0.717) is 19.1 Å². The van der Waals surface area contributed by atoms with Crippen molar-refractivity contribution in [3.05, 3.63) is 29.8 Å². The molecule has 1 aliphatic carbocycles. The van der Waals surface area contributed by atoms with Crippen molar-refractivity contribution >= 4 is 11.8 Å². The van der Waals surface area contributed by atoms with Crippen LogP contribution in [-0.4, -0.2) is 30.7 Å². The third kappa shape index (κ3) is 3.42. The highest BCUT2D eigenvalue weighted by atomic mass is 16.7. The third-order valence-electron chi connectivity index (χ3n) is 3.96. The second kappa shape index (κ2) is 5.56. The lowest BCUT2D eigenvalue weighted by Crippen LogP contribution is -2.43. The summed E-state index contributed by atoms with van der Waals surface area (Å²) < 4.78 is 16.5. The number of hydrogen-bond donors (Lipinski definition) is 1. The first-order valence-electron chi connectivity index (χ1n) is 7.73. The zero-order chi connectivity index (χ0) is 15.8. The average molecular weight is 305 g/mol. The van der Waals surface area contributed by atoms with Crippen LogP contribution >= 0.6 is 0 Å². The fourth-order valence-corrected chi connectivity index (χ4v) is 2.92. The topological polar surface area (TPSA) is 56.8 Å². The lowest BCUT2D eigenvalue weighted by atomic mass is 9.74. The Bertz CT molecular complexity index is 533. The number of carbonyl (C=O) groups is 1. The van der Waals surface area contributed by atoms with Crippen molar-refractivity contribution in [1.29, 1.82) is 0 Å². The highest BCUT2D eigenvalue weighted by Gasteiger charge is 2.49. The van der Waals surface area contributed by atoms with E-state index in [1.807, 2.05) is 45.0 Å². The van der Waals surface area contributed by atoms with Gasteiger partial charge in [-0.3, -0.25) is 5.32 Å². The fraction of sp³-hybridized carbons (Fsp3) is 0.588. The van der Waals surface area contributed by atoms with E-state index >= 15 is 0 Å². The summed E-state index contributed by atoms with van der Waals surface area (Å²) in [4.78, 5) is 11.7. The first-order valence-corrected chi connectivity index (χ1v) is 7.73. The molecule has 0 atom stereocenters. The van der Waals surface area contributed by atoms with Crippen LogP contribution < -0.4 is 5.32 Å². The van der Waals surface area contributed by atoms with E-state index in [2.05, 4.69) is 5.32 Å². The number of carbonyl (C=O) groups excluding carboxylic acids is 1. The SMILES string of the molecule is CC(C)(C)OC(=O)Nc1ccc(C2CC3(C2)OCCO3)cc1. The van der Waals surface area contributed by atoms with E-state index in [4.69, 9.17) is 14.2 Å². The molecule has 1 aliphatic heterocycles. The Hall–Kier alpha value is -1.59. The van der Waals surface area contributed by atoms with Crippen molar-refractivity contribution in [3.63, 3.8) is 0 Å². The second-order valence-electron chi connectivity index (χ2n) is 6.96. The molecule has 2 aliphatic rings. The molecule has 1 aromatic carbocycles. The number of benzene rings is 1. The Kier molecular flexibility index (Phi) is 3.87. The quantitative estimate of drug-likeness (QED) is 0.906. The van der Waals surface area contributed by atoms with Crippen LogP contribution in [0.2, 0.25) is 0 Å². The number of rotatable bonds is 2. The molecule has 1 N–H and O–H groups in total. The minimum atomic E-state index is -0.494. The molecular weight excluding hydrogens is 282 g/mol. The molecule has 5 nitrogen and oxygen atoms in total. The maximum Gasteiger partial charge on any atom is 0.412 e. The second-order valence-corrected chi connectivity index (χ2v) is 6.96. The van der Waals surface area contributed by atoms with E-state index in [0.717, 1.165) is 18.5 Å². The monoisotopic (exact) mass is 305 g/mol. The lowest BCUT2D eigenvalue weighted by Gasteiger charge is -2.43. The predicted molar refractivity (Wildman–Crippen MR) is 82.9 cm³/mol. The van der Waals surface area contributed by atoms with Gasteiger partial charge >= 0.3 is 6.09 Å². The van der Waals surface area contributed by atoms with Crippen LogP contribution in [0.4, 0.5) is 10.5 Å². The van der Waals surface area contributed by atoms with Gasteiger partial charge in [-0.2, -0.15) is 0 Å². The molecule has 0 aromatic heterocycles. The molecule has 120 valence electrons. The van der Waals surface area contributed by atoms with Gasteiger partial charge < -0.3 is 14.2 Å². The Morgan fingerprint density at radius 1 is 1.18 bits per heavy atom. The normalized spacial score (nSPS) is 20.7. The highest BCUT2D eigenvalue weighted by molar-refractivity contribution is 5.84. The zero-order valence-corrected chi connectivity index (χ0v) is 13.3. The first kappa shape index (κ1) is 15.3. The van der Waals surface area contributed by atoms with E-state index in [1.54, 1.807) is 0 Å². The van der Waals surface area contributed by atoms with Crippen LogP contribution in [0, 0.1) is 0 Å². The van der Waals surface area contributed by atoms with Gasteiger partial charge in [0.15, 0.2) is 5.79 Å². The van der Waals surface area contributed by atoms with Gasteiger partial charge in [-0.05, 0) is 44.4 Å². The lowest BCUT2D eigenvalue weighted by molar-refractivity contribution is -0.215. The van der Waals surface area contributed by atoms with Crippen molar-refractivity contribution in [2.24, 2.45) is 0 Å². The average Bonchev–Trinajstić information content (AvgIpc) is 2.85. The summed E-state index contributed by atoms with van der Waals surface area (Å²) in [6.45, 7) is 6.93. The molecule has 1 saturated carbocycles. The third-order valence-corrected chi connectivity index (χ3v) is 3.96. The molecule has 5 heteroatoms. The van der Waals surface area contributed by atoms with Gasteiger partial charge in [0, 0.05) is 18.5 Å². The molecule has 3 rings (SSSR count). The van der Waals surface area contributed by atoms with Crippen LogP contribution in [0.1, 0.15) is 45.1 Å². The molecular formula is C17H23NO4. The van der Waals surface area contributed by atoms with E-state index < -0.39 is 11.7 Å². The van der Waals surface area contributed by atoms with Crippen molar-refractivity contribution in [2.75, 3.05) is 18.5 Å². The zero-order valence-electron chi connectivity index (χ0n) is 13.3. The molecule has 22 heavy (non-hydrogen) atoms. The molecule has 1 amide bonds. The van der Waals surface area contributed by atoms with Crippen LogP contribution in [0.25, 0.3) is 0 Å². The van der Waals surface area contributed by atoms with Gasteiger partial charge in [-0.1, -0.05) is 12.1 Å². The molecule has 1 heterocycles. The Morgan fingerprint density at radius 3 is 2.32 bits per heavy atom. The van der Waals surface area contributed by atoms with Crippen molar-refractivity contribution in [3.8, 4) is 0 Å². The van der Waals surface area contributed by atoms with E-state index in [9.17, 15) is 4.79 Å². The van der Waals surface area contributed by atoms with Crippen molar-refractivity contribution in [2.45, 2.75) is 50.9 Å². The van der Waals surface area contributed by atoms with Gasteiger partial charge in [0.05, 0.1) is 13.2 Å². The number of amides is 1. The van der Waals surface area contributed by atoms with Crippen molar-refractivity contribution in [1.82, 2.24) is 0 Å². The molecule has 0 radical (unpaired) electrons. The summed E-state index contributed by atoms with van der Waals surface area (Å²) in [6.07, 6.45) is 1.38. The summed E-state index contributed by atoms with van der Waals surface area (Å²) in [7, 11) is 0. The first-order chi connectivity index (χ1) is 10.4.